The van der Waals surface area contributed by atoms with E-state index in [1.807, 2.05) is 13.0 Å². The molecule has 1 aliphatic carbocycles. The molecule has 1 unspecified atom stereocenters. The van der Waals surface area contributed by atoms with Gasteiger partial charge in [0, 0.05) is 5.56 Å². The van der Waals surface area contributed by atoms with Gasteiger partial charge in [-0.05, 0) is 43.4 Å². The third-order valence-corrected chi connectivity index (χ3v) is 5.67. The molecular weight excluding hydrogens is 373 g/mol. The number of ether oxygens (including phenoxy) is 1. The molecule has 3 heterocycles. The van der Waals surface area contributed by atoms with Gasteiger partial charge in [0.05, 0.1) is 5.56 Å². The van der Waals surface area contributed by atoms with Crippen molar-refractivity contribution in [1.82, 2.24) is 34.6 Å². The normalized spacial score (nSPS) is 16.5. The van der Waals surface area contributed by atoms with Crippen molar-refractivity contribution in [2.75, 3.05) is 0 Å². The summed E-state index contributed by atoms with van der Waals surface area (Å²) in [6, 6.07) is 8.40. The molecule has 1 saturated carbocycles. The Kier molecular flexibility index (Phi) is 4.04. The van der Waals surface area contributed by atoms with Crippen LogP contribution in [-0.4, -0.2) is 34.6 Å². The zero-order valence-corrected chi connectivity index (χ0v) is 16.2. The van der Waals surface area contributed by atoms with Crippen molar-refractivity contribution in [1.29, 1.82) is 0 Å². The van der Waals surface area contributed by atoms with Crippen LogP contribution in [0.1, 0.15) is 44.9 Å². The Labute approximate surface area is 166 Å². The number of rotatable bonds is 5. The van der Waals surface area contributed by atoms with Gasteiger partial charge in [0.15, 0.2) is 17.7 Å². The first-order valence-corrected chi connectivity index (χ1v) is 9.58. The van der Waals surface area contributed by atoms with Gasteiger partial charge in [0.1, 0.15) is 18.5 Å². The summed E-state index contributed by atoms with van der Waals surface area (Å²) in [5, 5.41) is 17.3. The molecule has 0 radical (unpaired) electrons. The highest BCUT2D eigenvalue weighted by Gasteiger charge is 2.38. The first kappa shape index (κ1) is 17.7. The van der Waals surface area contributed by atoms with Gasteiger partial charge in [0.25, 0.3) is 0 Å². The monoisotopic (exact) mass is 393 g/mol. The number of hydrogen-bond acceptors (Lipinski definition) is 6. The Bertz CT molecular complexity index is 1170. The first-order valence-electron chi connectivity index (χ1n) is 9.58. The van der Waals surface area contributed by atoms with Crippen LogP contribution in [0.2, 0.25) is 0 Å². The third kappa shape index (κ3) is 2.93. The summed E-state index contributed by atoms with van der Waals surface area (Å²) in [5.41, 5.74) is 1.85. The minimum absolute atomic E-state index is 0.0315. The van der Waals surface area contributed by atoms with Crippen LogP contribution in [0.3, 0.4) is 0 Å². The van der Waals surface area contributed by atoms with Crippen molar-refractivity contribution in [3.63, 3.8) is 0 Å². The van der Waals surface area contributed by atoms with Crippen LogP contribution in [0.25, 0.3) is 17.0 Å². The molecule has 4 aromatic rings. The molecule has 29 heavy (non-hydrogen) atoms. The van der Waals surface area contributed by atoms with Gasteiger partial charge in [-0.3, -0.25) is 0 Å². The number of aromatic nitrogens is 7. The number of hydrogen-bond donors (Lipinski definition) is 0. The topological polar surface area (TPSA) is 83.0 Å². The molecule has 1 aromatic carbocycles. The highest BCUT2D eigenvalue weighted by Crippen LogP contribution is 2.46. The van der Waals surface area contributed by atoms with E-state index < -0.39 is 6.23 Å². The molecule has 0 spiro atoms. The van der Waals surface area contributed by atoms with Crippen LogP contribution >= 0.6 is 0 Å². The van der Waals surface area contributed by atoms with E-state index in [1.54, 1.807) is 29.2 Å². The second-order valence-corrected chi connectivity index (χ2v) is 7.64. The fourth-order valence-electron chi connectivity index (χ4n) is 3.74. The first-order chi connectivity index (χ1) is 14.0. The largest absolute Gasteiger partial charge is 0.451 e. The predicted octanol–water partition coefficient (Wildman–Crippen LogP) is 3.56. The summed E-state index contributed by atoms with van der Waals surface area (Å²) in [7, 11) is 0. The van der Waals surface area contributed by atoms with Gasteiger partial charge < -0.3 is 4.74 Å². The molecular formula is C20H20FN7O. The van der Waals surface area contributed by atoms with E-state index in [0.29, 0.717) is 22.9 Å². The van der Waals surface area contributed by atoms with Crippen molar-refractivity contribution in [3.05, 3.63) is 54.4 Å². The van der Waals surface area contributed by atoms with Gasteiger partial charge in [-0.1, -0.05) is 25.5 Å². The zero-order valence-electron chi connectivity index (χ0n) is 16.2. The molecule has 0 amide bonds. The van der Waals surface area contributed by atoms with E-state index in [9.17, 15) is 4.39 Å². The number of fused-ring (bicyclic) bond motifs is 1. The molecule has 3 aromatic heterocycles. The van der Waals surface area contributed by atoms with Crippen molar-refractivity contribution >= 4 is 5.65 Å². The summed E-state index contributed by atoms with van der Waals surface area (Å²) in [6.07, 6.45) is 5.91. The zero-order chi connectivity index (χ0) is 20.0. The molecule has 148 valence electrons. The smallest absolute Gasteiger partial charge is 0.237 e. The fourth-order valence-corrected chi connectivity index (χ4v) is 3.74. The summed E-state index contributed by atoms with van der Waals surface area (Å²) in [4.78, 5) is 3.97. The summed E-state index contributed by atoms with van der Waals surface area (Å²) in [6.45, 7) is 4.07. The quantitative estimate of drug-likeness (QED) is 0.516. The van der Waals surface area contributed by atoms with Crippen molar-refractivity contribution < 1.29 is 9.13 Å². The van der Waals surface area contributed by atoms with Gasteiger partial charge in [0.2, 0.25) is 5.88 Å². The van der Waals surface area contributed by atoms with E-state index in [4.69, 9.17) is 9.84 Å². The van der Waals surface area contributed by atoms with Gasteiger partial charge in [-0.15, -0.1) is 15.3 Å². The Hall–Kier alpha value is -3.36. The Balaban J connectivity index is 1.65. The summed E-state index contributed by atoms with van der Waals surface area (Å²) >= 11 is 0. The van der Waals surface area contributed by atoms with Crippen molar-refractivity contribution in [3.8, 4) is 17.3 Å². The minimum Gasteiger partial charge on any atom is -0.451 e. The average Bonchev–Trinajstić information content (AvgIpc) is 3.36. The van der Waals surface area contributed by atoms with E-state index in [0.717, 1.165) is 24.8 Å². The van der Waals surface area contributed by atoms with Crippen LogP contribution in [-0.2, 0) is 5.41 Å². The Morgan fingerprint density at radius 2 is 2.03 bits per heavy atom. The van der Waals surface area contributed by atoms with E-state index in [-0.39, 0.29) is 11.2 Å². The molecule has 8 nitrogen and oxygen atoms in total. The van der Waals surface area contributed by atoms with Crippen LogP contribution in [0.4, 0.5) is 4.39 Å². The number of halogens is 1. The molecule has 5 rings (SSSR count). The molecule has 0 N–H and O–H groups in total. The summed E-state index contributed by atoms with van der Waals surface area (Å²) < 4.78 is 23.7. The standard InChI is InChI=1S/C20H20FN7O/c1-13(27-12-22-11-23-27)29-19-15(20(2)8-5-9-20)10-17-24-25-18(28(17)26-19)14-6-3-4-7-16(14)21/h3-4,6-7,10-13H,5,8-9H2,1-2H3. The summed E-state index contributed by atoms with van der Waals surface area (Å²) in [5.74, 6) is 0.429. The SMILES string of the molecule is CC(Oc1nn2c(-c3ccccc3F)nnc2cc1C1(C)CCC1)n1cncn1. The van der Waals surface area contributed by atoms with Crippen LogP contribution < -0.4 is 4.74 Å². The maximum atomic E-state index is 14.4. The van der Waals surface area contributed by atoms with Crippen LogP contribution in [0, 0.1) is 5.82 Å². The van der Waals surface area contributed by atoms with Gasteiger partial charge in [-0.25, -0.2) is 14.1 Å². The number of nitrogens with zero attached hydrogens (tertiary/aromatic N) is 7. The second kappa shape index (κ2) is 6.61. The van der Waals surface area contributed by atoms with E-state index in [2.05, 4.69) is 27.2 Å². The average molecular weight is 393 g/mol. The van der Waals surface area contributed by atoms with Crippen molar-refractivity contribution in [2.45, 2.75) is 44.8 Å². The second-order valence-electron chi connectivity index (χ2n) is 7.64. The minimum atomic E-state index is -0.404. The molecule has 1 fully saturated rings. The predicted molar refractivity (Wildman–Crippen MR) is 103 cm³/mol. The van der Waals surface area contributed by atoms with E-state index in [1.165, 1.54) is 16.9 Å². The van der Waals surface area contributed by atoms with Gasteiger partial charge >= 0.3 is 0 Å². The van der Waals surface area contributed by atoms with Crippen LogP contribution in [0.5, 0.6) is 5.88 Å². The Morgan fingerprint density at radius 3 is 2.72 bits per heavy atom. The lowest BCUT2D eigenvalue weighted by molar-refractivity contribution is 0.121. The third-order valence-electron chi connectivity index (χ3n) is 5.67. The lowest BCUT2D eigenvalue weighted by atomic mass is 9.66. The fraction of sp³-hybridized carbons (Fsp3) is 0.350. The molecule has 1 atom stereocenters. The molecule has 1 aliphatic rings. The molecule has 9 heteroatoms. The highest BCUT2D eigenvalue weighted by molar-refractivity contribution is 5.60. The maximum absolute atomic E-state index is 14.4. The van der Waals surface area contributed by atoms with Crippen molar-refractivity contribution in [2.24, 2.45) is 0 Å². The van der Waals surface area contributed by atoms with Gasteiger partial charge in [-0.2, -0.15) is 9.61 Å². The number of benzene rings is 1. The lowest BCUT2D eigenvalue weighted by Crippen LogP contribution is -2.32. The van der Waals surface area contributed by atoms with Crippen LogP contribution in [0.15, 0.2) is 43.0 Å². The molecule has 0 aliphatic heterocycles. The van der Waals surface area contributed by atoms with E-state index >= 15 is 0 Å². The maximum Gasteiger partial charge on any atom is 0.237 e. The molecule has 0 saturated heterocycles. The highest BCUT2D eigenvalue weighted by atomic mass is 19.1. The lowest BCUT2D eigenvalue weighted by Gasteiger charge is -2.39. The Morgan fingerprint density at radius 1 is 1.21 bits per heavy atom. The molecule has 0 bridgehead atoms.